The molecule has 0 fully saturated rings. The van der Waals surface area contributed by atoms with Crippen molar-refractivity contribution in [3.05, 3.63) is 46.7 Å². The number of fused-ring (bicyclic) bond motifs is 1. The zero-order chi connectivity index (χ0) is 20.1. The van der Waals surface area contributed by atoms with Crippen molar-refractivity contribution in [2.75, 3.05) is 20.3 Å². The van der Waals surface area contributed by atoms with Gasteiger partial charge in [-0.1, -0.05) is 26.0 Å². The van der Waals surface area contributed by atoms with Gasteiger partial charge in [0.2, 0.25) is 0 Å². The molecule has 2 aromatic heterocycles. The third kappa shape index (κ3) is 4.20. The summed E-state index contributed by atoms with van der Waals surface area (Å²) >= 11 is 1.47. The summed E-state index contributed by atoms with van der Waals surface area (Å²) in [6.45, 7) is 6.86. The molecular formula is C21H24N2O4S. The van der Waals surface area contributed by atoms with Gasteiger partial charge in [-0.05, 0) is 31.1 Å². The molecule has 148 valence electrons. The maximum absolute atomic E-state index is 12.4. The van der Waals surface area contributed by atoms with Crippen LogP contribution in [-0.4, -0.2) is 35.7 Å². The van der Waals surface area contributed by atoms with Crippen molar-refractivity contribution in [2.45, 2.75) is 20.8 Å². The highest BCUT2D eigenvalue weighted by Gasteiger charge is 2.20. The van der Waals surface area contributed by atoms with Crippen LogP contribution in [0.4, 0.5) is 0 Å². The van der Waals surface area contributed by atoms with E-state index in [1.165, 1.54) is 11.3 Å². The van der Waals surface area contributed by atoms with Crippen molar-refractivity contribution < 1.29 is 19.0 Å². The van der Waals surface area contributed by atoms with Gasteiger partial charge >= 0.3 is 5.97 Å². The summed E-state index contributed by atoms with van der Waals surface area (Å²) < 4.78 is 18.4. The molecule has 3 rings (SSSR count). The van der Waals surface area contributed by atoms with E-state index in [1.807, 2.05) is 41.9 Å². The molecule has 0 saturated heterocycles. The Bertz CT molecular complexity index is 988. The maximum atomic E-state index is 12.4. The number of ether oxygens (including phenoxy) is 3. The fourth-order valence-corrected chi connectivity index (χ4v) is 3.44. The van der Waals surface area contributed by atoms with Gasteiger partial charge in [-0.3, -0.25) is 4.40 Å². The Labute approximate surface area is 168 Å². The highest BCUT2D eigenvalue weighted by atomic mass is 32.1. The molecular weight excluding hydrogens is 376 g/mol. The van der Waals surface area contributed by atoms with E-state index < -0.39 is 5.97 Å². The zero-order valence-electron chi connectivity index (χ0n) is 16.5. The van der Waals surface area contributed by atoms with Gasteiger partial charge in [0, 0.05) is 17.1 Å². The molecule has 0 N–H and O–H groups in total. The van der Waals surface area contributed by atoms with Crippen molar-refractivity contribution in [3.8, 4) is 11.5 Å². The highest BCUT2D eigenvalue weighted by Crippen LogP contribution is 2.33. The van der Waals surface area contributed by atoms with Gasteiger partial charge < -0.3 is 14.2 Å². The molecule has 0 aliphatic carbocycles. The van der Waals surface area contributed by atoms with Gasteiger partial charge in [-0.15, -0.1) is 11.3 Å². The van der Waals surface area contributed by atoms with Gasteiger partial charge in [-0.25, -0.2) is 9.78 Å². The van der Waals surface area contributed by atoms with E-state index in [0.717, 1.165) is 10.5 Å². The normalized spacial score (nSPS) is 11.5. The van der Waals surface area contributed by atoms with Crippen LogP contribution in [0.1, 0.15) is 42.5 Å². The second-order valence-corrected chi connectivity index (χ2v) is 7.41. The first-order valence-electron chi connectivity index (χ1n) is 9.15. The Morgan fingerprint density at radius 1 is 1.32 bits per heavy atom. The van der Waals surface area contributed by atoms with Crippen LogP contribution in [0, 0.1) is 5.92 Å². The number of thiazole rings is 1. The standard InChI is InChI=1S/C21H24N2O4S/c1-5-26-20(24)18-16(22-21-23(18)11-12-28-21)10-9-15-7-6-8-17(25-4)19(15)27-13-14(2)3/h6-12,14H,5,13H2,1-4H3. The second-order valence-electron chi connectivity index (χ2n) is 6.54. The number of esters is 1. The Balaban J connectivity index is 1.99. The lowest BCUT2D eigenvalue weighted by atomic mass is 10.1. The summed E-state index contributed by atoms with van der Waals surface area (Å²) in [5, 5.41) is 1.89. The Morgan fingerprint density at radius 3 is 2.86 bits per heavy atom. The Morgan fingerprint density at radius 2 is 2.14 bits per heavy atom. The van der Waals surface area contributed by atoms with Crippen molar-refractivity contribution >= 4 is 34.4 Å². The van der Waals surface area contributed by atoms with Gasteiger partial charge in [0.15, 0.2) is 22.2 Å². The summed E-state index contributed by atoms with van der Waals surface area (Å²) in [5.74, 6) is 1.33. The van der Waals surface area contributed by atoms with Crippen LogP contribution in [0.5, 0.6) is 11.5 Å². The molecule has 28 heavy (non-hydrogen) atoms. The smallest absolute Gasteiger partial charge is 0.357 e. The summed E-state index contributed by atoms with van der Waals surface area (Å²) in [6, 6.07) is 5.71. The van der Waals surface area contributed by atoms with Gasteiger partial charge in [0.25, 0.3) is 0 Å². The van der Waals surface area contributed by atoms with E-state index in [9.17, 15) is 4.79 Å². The molecule has 0 unspecified atom stereocenters. The average molecular weight is 401 g/mol. The van der Waals surface area contributed by atoms with E-state index >= 15 is 0 Å². The van der Waals surface area contributed by atoms with E-state index in [0.29, 0.717) is 42.0 Å². The fourth-order valence-electron chi connectivity index (χ4n) is 2.72. The Kier molecular flexibility index (Phi) is 6.36. The van der Waals surface area contributed by atoms with Crippen LogP contribution in [-0.2, 0) is 4.74 Å². The van der Waals surface area contributed by atoms with Crippen LogP contribution in [0.2, 0.25) is 0 Å². The van der Waals surface area contributed by atoms with Gasteiger partial charge in [-0.2, -0.15) is 0 Å². The summed E-state index contributed by atoms with van der Waals surface area (Å²) in [5.41, 5.74) is 1.83. The fraction of sp³-hybridized carbons (Fsp3) is 0.333. The molecule has 0 atom stereocenters. The number of nitrogens with zero attached hydrogens (tertiary/aromatic N) is 2. The molecule has 0 saturated carbocycles. The number of aromatic nitrogens is 2. The molecule has 2 heterocycles. The van der Waals surface area contributed by atoms with E-state index in [1.54, 1.807) is 18.4 Å². The first kappa shape index (κ1) is 19.9. The molecule has 0 aliphatic rings. The molecule has 0 bridgehead atoms. The topological polar surface area (TPSA) is 62.1 Å². The lowest BCUT2D eigenvalue weighted by Crippen LogP contribution is -2.09. The van der Waals surface area contributed by atoms with Crippen molar-refractivity contribution in [1.82, 2.24) is 9.38 Å². The lowest BCUT2D eigenvalue weighted by Gasteiger charge is -2.14. The minimum atomic E-state index is -0.394. The van der Waals surface area contributed by atoms with Crippen molar-refractivity contribution in [1.29, 1.82) is 0 Å². The molecule has 3 aromatic rings. The number of carbonyl (C=O) groups excluding carboxylic acids is 1. The predicted octanol–water partition coefficient (Wildman–Crippen LogP) is 4.79. The number of rotatable bonds is 8. The number of hydrogen-bond donors (Lipinski definition) is 0. The summed E-state index contributed by atoms with van der Waals surface area (Å²) in [6.07, 6.45) is 5.51. The number of methoxy groups -OCH3 is 1. The summed E-state index contributed by atoms with van der Waals surface area (Å²) in [7, 11) is 1.62. The molecule has 7 heteroatoms. The van der Waals surface area contributed by atoms with E-state index in [2.05, 4.69) is 18.8 Å². The van der Waals surface area contributed by atoms with Crippen molar-refractivity contribution in [2.24, 2.45) is 5.92 Å². The van der Waals surface area contributed by atoms with E-state index in [4.69, 9.17) is 14.2 Å². The molecule has 1 aromatic carbocycles. The van der Waals surface area contributed by atoms with Crippen molar-refractivity contribution in [3.63, 3.8) is 0 Å². The third-order valence-electron chi connectivity index (χ3n) is 3.97. The number of para-hydroxylation sites is 1. The van der Waals surface area contributed by atoms with Crippen LogP contribution < -0.4 is 9.47 Å². The largest absolute Gasteiger partial charge is 0.493 e. The minimum Gasteiger partial charge on any atom is -0.493 e. The first-order valence-corrected chi connectivity index (χ1v) is 10.0. The predicted molar refractivity (Wildman–Crippen MR) is 111 cm³/mol. The van der Waals surface area contributed by atoms with Crippen LogP contribution in [0.25, 0.3) is 17.1 Å². The summed E-state index contributed by atoms with van der Waals surface area (Å²) in [4.78, 5) is 17.7. The molecule has 0 amide bonds. The molecule has 0 aliphatic heterocycles. The van der Waals surface area contributed by atoms with Gasteiger partial charge in [0.1, 0.15) is 0 Å². The minimum absolute atomic E-state index is 0.308. The number of hydrogen-bond acceptors (Lipinski definition) is 6. The van der Waals surface area contributed by atoms with Gasteiger partial charge in [0.05, 0.1) is 26.0 Å². The monoisotopic (exact) mass is 400 g/mol. The second kappa shape index (κ2) is 8.93. The number of imidazole rings is 1. The number of benzene rings is 1. The highest BCUT2D eigenvalue weighted by molar-refractivity contribution is 7.15. The third-order valence-corrected chi connectivity index (χ3v) is 4.73. The maximum Gasteiger partial charge on any atom is 0.357 e. The van der Waals surface area contributed by atoms with Crippen LogP contribution >= 0.6 is 11.3 Å². The van der Waals surface area contributed by atoms with Crippen LogP contribution in [0.15, 0.2) is 29.8 Å². The molecule has 0 radical (unpaired) electrons. The Hall–Kier alpha value is -2.80. The quantitative estimate of drug-likeness (QED) is 0.509. The SMILES string of the molecule is CCOC(=O)c1c(C=Cc2cccc(OC)c2OCC(C)C)nc2sccn12. The average Bonchev–Trinajstić information content (AvgIpc) is 3.25. The first-order chi connectivity index (χ1) is 13.5. The molecule has 0 spiro atoms. The lowest BCUT2D eigenvalue weighted by molar-refractivity contribution is 0.0518. The molecule has 6 nitrogen and oxygen atoms in total. The number of carbonyl (C=O) groups is 1. The van der Waals surface area contributed by atoms with Crippen LogP contribution in [0.3, 0.4) is 0 Å². The van der Waals surface area contributed by atoms with E-state index in [-0.39, 0.29) is 0 Å². The zero-order valence-corrected chi connectivity index (χ0v) is 17.3.